The molecule has 0 aromatic heterocycles. The van der Waals surface area contributed by atoms with Crippen LogP contribution in [-0.4, -0.2) is 17.0 Å². The molecule has 108 valence electrons. The third kappa shape index (κ3) is 3.31. The third-order valence-corrected chi connectivity index (χ3v) is 3.60. The average molecular weight is 283 g/mol. The zero-order valence-electron chi connectivity index (χ0n) is 10.7. The molecule has 6 heteroatoms. The average Bonchev–Trinajstić information content (AvgIpc) is 2.89. The fraction of sp³-hybridized carbons (Fsp3) is 0.429. The van der Waals surface area contributed by atoms with Crippen molar-refractivity contribution in [3.63, 3.8) is 0 Å². The van der Waals surface area contributed by atoms with Crippen LogP contribution in [0.25, 0.3) is 0 Å². The Morgan fingerprint density at radius 2 is 1.90 bits per heavy atom. The van der Waals surface area contributed by atoms with E-state index in [-0.39, 0.29) is 18.4 Å². The van der Waals surface area contributed by atoms with Crippen molar-refractivity contribution in [1.82, 2.24) is 5.32 Å². The standard InChI is InChI=1S/C14H15F2NO3/c15-11-4-1-8(5-12(11)16)7-17-13(18)9-2-3-10(6-9)14(19)20/h1,4-5,9-10H,2-3,6-7H2,(H,17,18)(H,19,20). The van der Waals surface area contributed by atoms with Gasteiger partial charge in [-0.15, -0.1) is 0 Å². The summed E-state index contributed by atoms with van der Waals surface area (Å²) in [7, 11) is 0. The number of rotatable bonds is 4. The number of carboxylic acids is 1. The van der Waals surface area contributed by atoms with Crippen molar-refractivity contribution in [2.75, 3.05) is 0 Å². The van der Waals surface area contributed by atoms with Crippen molar-refractivity contribution in [2.24, 2.45) is 11.8 Å². The van der Waals surface area contributed by atoms with Crippen LogP contribution in [0, 0.1) is 23.5 Å². The summed E-state index contributed by atoms with van der Waals surface area (Å²) in [5.74, 6) is -3.78. The van der Waals surface area contributed by atoms with Gasteiger partial charge in [-0.25, -0.2) is 8.78 Å². The Hall–Kier alpha value is -1.98. The van der Waals surface area contributed by atoms with E-state index in [1.807, 2.05) is 0 Å². The van der Waals surface area contributed by atoms with Gasteiger partial charge in [0.1, 0.15) is 0 Å². The van der Waals surface area contributed by atoms with E-state index in [9.17, 15) is 18.4 Å². The van der Waals surface area contributed by atoms with E-state index in [0.717, 1.165) is 12.1 Å². The maximum atomic E-state index is 13.0. The number of nitrogens with one attached hydrogen (secondary N) is 1. The smallest absolute Gasteiger partial charge is 0.306 e. The van der Waals surface area contributed by atoms with Crippen LogP contribution in [-0.2, 0) is 16.1 Å². The second kappa shape index (κ2) is 5.98. The number of carboxylic acid groups (broad SMARTS) is 1. The highest BCUT2D eigenvalue weighted by Gasteiger charge is 2.33. The molecule has 4 nitrogen and oxygen atoms in total. The second-order valence-corrected chi connectivity index (χ2v) is 5.01. The maximum absolute atomic E-state index is 13.0. The van der Waals surface area contributed by atoms with E-state index in [0.29, 0.717) is 24.8 Å². The lowest BCUT2D eigenvalue weighted by Crippen LogP contribution is -2.29. The molecule has 1 aromatic rings. The molecule has 0 heterocycles. The fourth-order valence-corrected chi connectivity index (χ4v) is 2.43. The first kappa shape index (κ1) is 14.4. The summed E-state index contributed by atoms with van der Waals surface area (Å²) in [6.45, 7) is 0.101. The van der Waals surface area contributed by atoms with Gasteiger partial charge in [0, 0.05) is 12.5 Å². The Morgan fingerprint density at radius 3 is 2.50 bits per heavy atom. The van der Waals surface area contributed by atoms with Crippen LogP contribution in [0.2, 0.25) is 0 Å². The molecule has 2 N–H and O–H groups in total. The van der Waals surface area contributed by atoms with Gasteiger partial charge in [-0.1, -0.05) is 6.07 Å². The third-order valence-electron chi connectivity index (χ3n) is 3.60. The number of aliphatic carboxylic acids is 1. The van der Waals surface area contributed by atoms with Gasteiger partial charge in [0.15, 0.2) is 11.6 Å². The van der Waals surface area contributed by atoms with Crippen molar-refractivity contribution >= 4 is 11.9 Å². The van der Waals surface area contributed by atoms with Crippen LogP contribution < -0.4 is 5.32 Å². The number of carbonyl (C=O) groups is 2. The SMILES string of the molecule is O=C(O)C1CCC(C(=O)NCc2ccc(F)c(F)c2)C1. The van der Waals surface area contributed by atoms with E-state index in [1.54, 1.807) is 0 Å². The Labute approximate surface area is 114 Å². The molecule has 20 heavy (non-hydrogen) atoms. The number of benzene rings is 1. The van der Waals surface area contributed by atoms with Gasteiger partial charge in [-0.2, -0.15) is 0 Å². The summed E-state index contributed by atoms with van der Waals surface area (Å²) >= 11 is 0. The molecule has 0 saturated heterocycles. The lowest BCUT2D eigenvalue weighted by molar-refractivity contribution is -0.141. The molecule has 2 unspecified atom stereocenters. The van der Waals surface area contributed by atoms with Crippen molar-refractivity contribution in [3.05, 3.63) is 35.4 Å². The normalized spacial score (nSPS) is 21.7. The molecule has 0 bridgehead atoms. The summed E-state index contributed by atoms with van der Waals surface area (Å²) in [5.41, 5.74) is 0.463. The van der Waals surface area contributed by atoms with Crippen molar-refractivity contribution in [2.45, 2.75) is 25.8 Å². The van der Waals surface area contributed by atoms with Crippen LogP contribution in [0.5, 0.6) is 0 Å². The zero-order chi connectivity index (χ0) is 14.7. The van der Waals surface area contributed by atoms with Crippen LogP contribution in [0.1, 0.15) is 24.8 Å². The summed E-state index contributed by atoms with van der Waals surface area (Å²) in [6.07, 6.45) is 1.37. The number of carbonyl (C=O) groups excluding carboxylic acids is 1. The van der Waals surface area contributed by atoms with Gasteiger partial charge in [0.25, 0.3) is 0 Å². The molecular weight excluding hydrogens is 268 g/mol. The van der Waals surface area contributed by atoms with E-state index >= 15 is 0 Å². The quantitative estimate of drug-likeness (QED) is 0.889. The number of amides is 1. The highest BCUT2D eigenvalue weighted by molar-refractivity contribution is 5.80. The number of hydrogen-bond donors (Lipinski definition) is 2. The molecule has 0 radical (unpaired) electrons. The van der Waals surface area contributed by atoms with Gasteiger partial charge >= 0.3 is 5.97 Å². The molecule has 2 atom stereocenters. The van der Waals surface area contributed by atoms with Gasteiger partial charge in [0.2, 0.25) is 5.91 Å². The highest BCUT2D eigenvalue weighted by atomic mass is 19.2. The monoisotopic (exact) mass is 283 g/mol. The summed E-state index contributed by atoms with van der Waals surface area (Å²) in [6, 6.07) is 3.44. The molecular formula is C14H15F2NO3. The molecule has 0 spiro atoms. The van der Waals surface area contributed by atoms with E-state index in [1.165, 1.54) is 6.07 Å². The van der Waals surface area contributed by atoms with Crippen LogP contribution >= 0.6 is 0 Å². The topological polar surface area (TPSA) is 66.4 Å². The predicted octanol–water partition coefficient (Wildman–Crippen LogP) is 2.08. The van der Waals surface area contributed by atoms with E-state index in [2.05, 4.69) is 5.32 Å². The minimum atomic E-state index is -0.955. The molecule has 2 rings (SSSR count). The first-order valence-corrected chi connectivity index (χ1v) is 6.42. The lowest BCUT2D eigenvalue weighted by Gasteiger charge is -2.11. The summed E-state index contributed by atoms with van der Waals surface area (Å²) in [4.78, 5) is 22.7. The Kier molecular flexibility index (Phi) is 4.32. The minimum Gasteiger partial charge on any atom is -0.481 e. The van der Waals surface area contributed by atoms with Crippen LogP contribution in [0.4, 0.5) is 8.78 Å². The largest absolute Gasteiger partial charge is 0.481 e. The first-order valence-electron chi connectivity index (χ1n) is 6.42. The zero-order valence-corrected chi connectivity index (χ0v) is 10.7. The highest BCUT2D eigenvalue weighted by Crippen LogP contribution is 2.31. The van der Waals surface area contributed by atoms with Gasteiger partial charge in [0.05, 0.1) is 5.92 Å². The molecule has 1 aliphatic rings. The van der Waals surface area contributed by atoms with E-state index in [4.69, 9.17) is 5.11 Å². The molecule has 1 amide bonds. The van der Waals surface area contributed by atoms with Gasteiger partial charge in [-0.05, 0) is 37.0 Å². The van der Waals surface area contributed by atoms with Crippen molar-refractivity contribution in [1.29, 1.82) is 0 Å². The van der Waals surface area contributed by atoms with Crippen LogP contribution in [0.3, 0.4) is 0 Å². The van der Waals surface area contributed by atoms with E-state index < -0.39 is 23.5 Å². The Morgan fingerprint density at radius 1 is 1.20 bits per heavy atom. The predicted molar refractivity (Wildman–Crippen MR) is 66.7 cm³/mol. The summed E-state index contributed by atoms with van der Waals surface area (Å²) < 4.78 is 25.7. The Bertz CT molecular complexity index is 533. The minimum absolute atomic E-state index is 0.101. The Balaban J connectivity index is 1.86. The lowest BCUT2D eigenvalue weighted by atomic mass is 10.0. The number of halogens is 2. The molecule has 1 saturated carbocycles. The maximum Gasteiger partial charge on any atom is 0.306 e. The first-order chi connectivity index (χ1) is 9.47. The van der Waals surface area contributed by atoms with Crippen LogP contribution in [0.15, 0.2) is 18.2 Å². The van der Waals surface area contributed by atoms with Crippen molar-refractivity contribution < 1.29 is 23.5 Å². The molecule has 1 aromatic carbocycles. The molecule has 1 aliphatic carbocycles. The summed E-state index contributed by atoms with van der Waals surface area (Å²) in [5, 5.41) is 11.5. The van der Waals surface area contributed by atoms with Gasteiger partial charge in [-0.3, -0.25) is 9.59 Å². The fourth-order valence-electron chi connectivity index (χ4n) is 2.43. The second-order valence-electron chi connectivity index (χ2n) is 5.01. The van der Waals surface area contributed by atoms with Crippen molar-refractivity contribution in [3.8, 4) is 0 Å². The molecule has 0 aliphatic heterocycles. The van der Waals surface area contributed by atoms with Gasteiger partial charge < -0.3 is 10.4 Å². The molecule has 1 fully saturated rings. The number of hydrogen-bond acceptors (Lipinski definition) is 2.